The SMILES string of the molecule is OC(C(F)(F)F)(C(F)(F)F)C(F)(F)C(F)(F)F. The lowest BCUT2D eigenvalue weighted by Crippen LogP contribution is -2.71. The van der Waals surface area contributed by atoms with Gasteiger partial charge in [0, 0.05) is 0 Å². The Morgan fingerprint density at radius 1 is 0.471 bits per heavy atom. The topological polar surface area (TPSA) is 20.2 Å². The lowest BCUT2D eigenvalue weighted by atomic mass is 9.93. The summed E-state index contributed by atoms with van der Waals surface area (Å²) in [6.07, 6.45) is -21.7. The summed E-state index contributed by atoms with van der Waals surface area (Å²) < 4.78 is 129. The van der Waals surface area contributed by atoms with Crippen molar-refractivity contribution >= 4 is 0 Å². The van der Waals surface area contributed by atoms with Gasteiger partial charge in [0.1, 0.15) is 0 Å². The molecule has 0 aliphatic heterocycles. The minimum Gasteiger partial charge on any atom is -0.369 e. The smallest absolute Gasteiger partial charge is 0.369 e. The van der Waals surface area contributed by atoms with Crippen molar-refractivity contribution in [3.63, 3.8) is 0 Å². The Hall–Kier alpha value is -0.810. The summed E-state index contributed by atoms with van der Waals surface area (Å²) in [6, 6.07) is 0. The third-order valence-corrected chi connectivity index (χ3v) is 1.63. The molecule has 0 saturated heterocycles. The molecular formula is C5HF11O. The summed E-state index contributed by atoms with van der Waals surface area (Å²) in [5.74, 6) is -7.43. The van der Waals surface area contributed by atoms with E-state index in [9.17, 15) is 48.3 Å². The molecular weight excluding hydrogens is 285 g/mol. The average molecular weight is 286 g/mol. The molecule has 0 atom stereocenters. The van der Waals surface area contributed by atoms with Crippen molar-refractivity contribution in [2.75, 3.05) is 0 Å². The molecule has 0 rings (SSSR count). The predicted octanol–water partition coefficient (Wildman–Crippen LogP) is 3.04. The highest BCUT2D eigenvalue weighted by Gasteiger charge is 2.89. The van der Waals surface area contributed by atoms with Crippen LogP contribution in [0, 0.1) is 0 Å². The molecule has 0 aromatic rings. The van der Waals surface area contributed by atoms with E-state index in [2.05, 4.69) is 0 Å². The second-order valence-corrected chi connectivity index (χ2v) is 2.78. The molecule has 0 unspecified atom stereocenters. The average Bonchev–Trinajstić information content (AvgIpc) is 1.95. The zero-order valence-corrected chi connectivity index (χ0v) is 7.10. The lowest BCUT2D eigenvalue weighted by molar-refractivity contribution is -0.464. The van der Waals surface area contributed by atoms with E-state index in [1.54, 1.807) is 0 Å². The van der Waals surface area contributed by atoms with E-state index in [0.717, 1.165) is 0 Å². The van der Waals surface area contributed by atoms with Crippen molar-refractivity contribution in [2.24, 2.45) is 0 Å². The molecule has 0 radical (unpaired) electrons. The van der Waals surface area contributed by atoms with Crippen molar-refractivity contribution in [1.29, 1.82) is 0 Å². The summed E-state index contributed by atoms with van der Waals surface area (Å²) in [7, 11) is 0. The Kier molecular flexibility index (Phi) is 3.42. The number of aliphatic hydroxyl groups is 1. The fraction of sp³-hybridized carbons (Fsp3) is 1.00. The Morgan fingerprint density at radius 3 is 0.765 bits per heavy atom. The van der Waals surface area contributed by atoms with Gasteiger partial charge in [-0.05, 0) is 0 Å². The van der Waals surface area contributed by atoms with Gasteiger partial charge in [-0.15, -0.1) is 0 Å². The molecule has 0 spiro atoms. The molecule has 1 N–H and O–H groups in total. The van der Waals surface area contributed by atoms with Gasteiger partial charge in [-0.1, -0.05) is 0 Å². The largest absolute Gasteiger partial charge is 0.457 e. The summed E-state index contributed by atoms with van der Waals surface area (Å²) in [6.45, 7) is 0. The van der Waals surface area contributed by atoms with Crippen LogP contribution in [0.2, 0.25) is 0 Å². The van der Waals surface area contributed by atoms with E-state index in [-0.39, 0.29) is 0 Å². The maximum absolute atomic E-state index is 12.2. The third-order valence-electron chi connectivity index (χ3n) is 1.63. The molecule has 104 valence electrons. The van der Waals surface area contributed by atoms with Crippen molar-refractivity contribution in [3.8, 4) is 0 Å². The fourth-order valence-corrected chi connectivity index (χ4v) is 0.722. The highest BCUT2D eigenvalue weighted by molar-refractivity contribution is 5.07. The van der Waals surface area contributed by atoms with E-state index in [1.807, 2.05) is 0 Å². The Balaban J connectivity index is 6.04. The minimum absolute atomic E-state index is 7.20. The second-order valence-electron chi connectivity index (χ2n) is 2.78. The maximum atomic E-state index is 12.2. The number of rotatable bonds is 1. The first-order chi connectivity index (χ1) is 7.00. The Labute approximate surface area is 84.8 Å². The molecule has 0 bridgehead atoms. The molecule has 12 heteroatoms. The quantitative estimate of drug-likeness (QED) is 0.735. The fourth-order valence-electron chi connectivity index (χ4n) is 0.722. The van der Waals surface area contributed by atoms with Gasteiger partial charge in [0.05, 0.1) is 0 Å². The predicted molar refractivity (Wildman–Crippen MR) is 28.1 cm³/mol. The van der Waals surface area contributed by atoms with Crippen LogP contribution in [-0.2, 0) is 0 Å². The van der Waals surface area contributed by atoms with Crippen LogP contribution < -0.4 is 0 Å². The number of halogens is 11. The normalized spacial score (nSPS) is 16.2. The van der Waals surface area contributed by atoms with Gasteiger partial charge in [-0.2, -0.15) is 48.3 Å². The van der Waals surface area contributed by atoms with Crippen LogP contribution in [-0.4, -0.2) is 35.2 Å². The summed E-state index contributed by atoms with van der Waals surface area (Å²) >= 11 is 0. The zero-order valence-electron chi connectivity index (χ0n) is 7.10. The standard InChI is InChI=1S/C5HF11O/c6-2(7,5(14,15)16)1(17,3(8,9)10)4(11,12)13/h17H. The molecule has 0 saturated carbocycles. The molecule has 1 nitrogen and oxygen atoms in total. The van der Waals surface area contributed by atoms with Gasteiger partial charge in [0.15, 0.2) is 0 Å². The van der Waals surface area contributed by atoms with Gasteiger partial charge in [-0.25, -0.2) is 0 Å². The zero-order chi connectivity index (χ0) is 14.5. The molecule has 0 aliphatic carbocycles. The number of alkyl halides is 11. The lowest BCUT2D eigenvalue weighted by Gasteiger charge is -2.38. The van der Waals surface area contributed by atoms with Crippen molar-refractivity contribution in [3.05, 3.63) is 0 Å². The van der Waals surface area contributed by atoms with Crippen LogP contribution >= 0.6 is 0 Å². The first-order valence-corrected chi connectivity index (χ1v) is 3.30. The van der Waals surface area contributed by atoms with Gasteiger partial charge in [0.2, 0.25) is 0 Å². The van der Waals surface area contributed by atoms with E-state index in [0.29, 0.717) is 0 Å². The van der Waals surface area contributed by atoms with Crippen molar-refractivity contribution < 1.29 is 53.4 Å². The summed E-state index contributed by atoms with van der Waals surface area (Å²) in [5.41, 5.74) is -7.20. The molecule has 0 heterocycles. The van der Waals surface area contributed by atoms with Gasteiger partial charge < -0.3 is 5.11 Å². The molecule has 17 heavy (non-hydrogen) atoms. The molecule has 0 aliphatic rings. The van der Waals surface area contributed by atoms with Crippen LogP contribution in [0.4, 0.5) is 48.3 Å². The van der Waals surface area contributed by atoms with Crippen LogP contribution in [0.15, 0.2) is 0 Å². The minimum atomic E-state index is -7.43. The van der Waals surface area contributed by atoms with Gasteiger partial charge in [-0.3, -0.25) is 0 Å². The van der Waals surface area contributed by atoms with Crippen LogP contribution in [0.1, 0.15) is 0 Å². The second kappa shape index (κ2) is 3.59. The third kappa shape index (κ3) is 2.13. The van der Waals surface area contributed by atoms with E-state index < -0.39 is 30.1 Å². The Morgan fingerprint density at radius 2 is 0.706 bits per heavy atom. The van der Waals surface area contributed by atoms with E-state index >= 15 is 0 Å². The van der Waals surface area contributed by atoms with E-state index in [4.69, 9.17) is 5.11 Å². The van der Waals surface area contributed by atoms with Crippen LogP contribution in [0.5, 0.6) is 0 Å². The summed E-state index contributed by atoms with van der Waals surface area (Å²) in [5, 5.41) is 7.83. The highest BCUT2D eigenvalue weighted by atomic mass is 19.4. The van der Waals surface area contributed by atoms with Crippen molar-refractivity contribution in [2.45, 2.75) is 30.1 Å². The van der Waals surface area contributed by atoms with Gasteiger partial charge in [0.25, 0.3) is 0 Å². The van der Waals surface area contributed by atoms with Gasteiger partial charge >= 0.3 is 30.1 Å². The number of hydrogen-bond donors (Lipinski definition) is 1. The molecule has 0 aromatic carbocycles. The highest BCUT2D eigenvalue weighted by Crippen LogP contribution is 2.56. The van der Waals surface area contributed by atoms with E-state index in [1.165, 1.54) is 0 Å². The van der Waals surface area contributed by atoms with Crippen LogP contribution in [0.25, 0.3) is 0 Å². The summed E-state index contributed by atoms with van der Waals surface area (Å²) in [4.78, 5) is 0. The van der Waals surface area contributed by atoms with Crippen molar-refractivity contribution in [1.82, 2.24) is 0 Å². The van der Waals surface area contributed by atoms with Crippen LogP contribution in [0.3, 0.4) is 0 Å². The monoisotopic (exact) mass is 286 g/mol. The molecule has 0 amide bonds. The number of hydrogen-bond acceptors (Lipinski definition) is 1. The molecule has 0 fully saturated rings. The Bertz CT molecular complexity index is 266. The molecule has 0 aromatic heterocycles. The first kappa shape index (κ1) is 16.2. The maximum Gasteiger partial charge on any atom is 0.457 e. The first-order valence-electron chi connectivity index (χ1n) is 3.30.